The summed E-state index contributed by atoms with van der Waals surface area (Å²) in [5.74, 6) is -0.134. The van der Waals surface area contributed by atoms with E-state index in [0.29, 0.717) is 6.54 Å². The van der Waals surface area contributed by atoms with E-state index in [1.165, 1.54) is 11.3 Å². The molecule has 1 aromatic heterocycles. The van der Waals surface area contributed by atoms with E-state index < -0.39 is 6.10 Å². The number of aliphatic hydroxyl groups is 1. The summed E-state index contributed by atoms with van der Waals surface area (Å²) < 4.78 is 0.965. The first-order chi connectivity index (χ1) is 9.65. The fraction of sp³-hybridized carbons (Fsp3) is 0.214. The first-order valence-electron chi connectivity index (χ1n) is 6.11. The summed E-state index contributed by atoms with van der Waals surface area (Å²) in [6.45, 7) is 0.516. The van der Waals surface area contributed by atoms with Crippen LogP contribution in [0.3, 0.4) is 0 Å². The van der Waals surface area contributed by atoms with Gasteiger partial charge in [-0.2, -0.15) is 11.3 Å². The molecule has 3 N–H and O–H groups in total. The van der Waals surface area contributed by atoms with Crippen LogP contribution in [0.2, 0.25) is 0 Å². The molecule has 0 fully saturated rings. The van der Waals surface area contributed by atoms with Crippen LogP contribution >= 0.6 is 27.3 Å². The lowest BCUT2D eigenvalue weighted by atomic mass is 10.2. The Kier molecular flexibility index (Phi) is 5.72. The molecule has 20 heavy (non-hydrogen) atoms. The number of carbonyl (C=O) groups is 1. The lowest BCUT2D eigenvalue weighted by molar-refractivity contribution is -0.115. The molecule has 1 unspecified atom stereocenters. The van der Waals surface area contributed by atoms with Crippen molar-refractivity contribution in [3.63, 3.8) is 0 Å². The third-order valence-corrected chi connectivity index (χ3v) is 3.91. The number of rotatable bonds is 6. The van der Waals surface area contributed by atoms with Gasteiger partial charge < -0.3 is 15.7 Å². The Morgan fingerprint density at radius 3 is 2.70 bits per heavy atom. The van der Waals surface area contributed by atoms with Crippen LogP contribution in [-0.4, -0.2) is 24.1 Å². The predicted octanol–water partition coefficient (Wildman–Crippen LogP) is 2.77. The van der Waals surface area contributed by atoms with Gasteiger partial charge in [0.1, 0.15) is 0 Å². The number of anilines is 1. The second kappa shape index (κ2) is 7.54. The van der Waals surface area contributed by atoms with E-state index in [9.17, 15) is 9.90 Å². The van der Waals surface area contributed by atoms with E-state index in [1.807, 2.05) is 41.1 Å². The smallest absolute Gasteiger partial charge is 0.238 e. The predicted molar refractivity (Wildman–Crippen MR) is 84.9 cm³/mol. The van der Waals surface area contributed by atoms with Crippen molar-refractivity contribution in [1.29, 1.82) is 0 Å². The normalized spacial score (nSPS) is 12.1. The zero-order valence-electron chi connectivity index (χ0n) is 10.7. The van der Waals surface area contributed by atoms with Crippen LogP contribution in [0.5, 0.6) is 0 Å². The molecule has 6 heteroatoms. The van der Waals surface area contributed by atoms with Crippen molar-refractivity contribution in [2.75, 3.05) is 18.4 Å². The monoisotopic (exact) mass is 354 g/mol. The number of hydrogen-bond donors (Lipinski definition) is 3. The highest BCUT2D eigenvalue weighted by Gasteiger charge is 2.08. The van der Waals surface area contributed by atoms with Crippen LogP contribution in [0.15, 0.2) is 45.6 Å². The fourth-order valence-electron chi connectivity index (χ4n) is 1.64. The zero-order valence-corrected chi connectivity index (χ0v) is 13.1. The number of aliphatic hydroxyl groups excluding tert-OH is 1. The first-order valence-corrected chi connectivity index (χ1v) is 7.85. The van der Waals surface area contributed by atoms with Gasteiger partial charge in [-0.3, -0.25) is 4.79 Å². The number of amides is 1. The highest BCUT2D eigenvalue weighted by atomic mass is 79.9. The summed E-state index contributed by atoms with van der Waals surface area (Å²) in [6.07, 6.45) is -0.582. The van der Waals surface area contributed by atoms with Crippen molar-refractivity contribution < 1.29 is 9.90 Å². The summed E-state index contributed by atoms with van der Waals surface area (Å²) in [6, 6.07) is 9.25. The Balaban J connectivity index is 1.71. The van der Waals surface area contributed by atoms with Gasteiger partial charge in [-0.05, 0) is 46.7 Å². The molecule has 0 radical (unpaired) electrons. The molecule has 0 aliphatic carbocycles. The molecule has 1 heterocycles. The molecule has 0 spiro atoms. The molecule has 1 aromatic carbocycles. The largest absolute Gasteiger partial charge is 0.387 e. The van der Waals surface area contributed by atoms with Gasteiger partial charge in [0.2, 0.25) is 5.91 Å². The third kappa shape index (κ3) is 4.72. The minimum absolute atomic E-state index is 0.134. The zero-order chi connectivity index (χ0) is 14.4. The number of thiophene rings is 1. The van der Waals surface area contributed by atoms with Crippen LogP contribution < -0.4 is 10.6 Å². The number of benzene rings is 1. The van der Waals surface area contributed by atoms with E-state index in [2.05, 4.69) is 26.6 Å². The number of hydrogen-bond acceptors (Lipinski definition) is 4. The lowest BCUT2D eigenvalue weighted by Gasteiger charge is -2.10. The minimum atomic E-state index is -0.582. The molecule has 0 saturated heterocycles. The van der Waals surface area contributed by atoms with Gasteiger partial charge in [-0.25, -0.2) is 0 Å². The second-order valence-corrected chi connectivity index (χ2v) is 5.95. The Hall–Kier alpha value is -1.21. The summed E-state index contributed by atoms with van der Waals surface area (Å²) in [5.41, 5.74) is 1.62. The molecule has 106 valence electrons. The van der Waals surface area contributed by atoms with E-state index in [4.69, 9.17) is 0 Å². The molecule has 0 bridgehead atoms. The Labute approximate surface area is 130 Å². The maximum atomic E-state index is 11.7. The molecule has 1 atom stereocenters. The molecular weight excluding hydrogens is 340 g/mol. The summed E-state index contributed by atoms with van der Waals surface area (Å²) in [7, 11) is 0. The molecular formula is C14H15BrN2O2S. The highest BCUT2D eigenvalue weighted by molar-refractivity contribution is 9.10. The van der Waals surface area contributed by atoms with E-state index in [0.717, 1.165) is 15.7 Å². The molecule has 2 rings (SSSR count). The minimum Gasteiger partial charge on any atom is -0.387 e. The highest BCUT2D eigenvalue weighted by Crippen LogP contribution is 2.15. The standard InChI is InChI=1S/C14H15BrN2O2S/c15-11-1-3-12(4-2-11)17-14(19)8-16-7-13(18)10-5-6-20-9-10/h1-6,9,13,16,18H,7-8H2,(H,17,19). The Bertz CT molecular complexity index is 543. The van der Waals surface area contributed by atoms with E-state index in [1.54, 1.807) is 0 Å². The van der Waals surface area contributed by atoms with Crippen LogP contribution in [0, 0.1) is 0 Å². The average molecular weight is 355 g/mol. The van der Waals surface area contributed by atoms with Crippen molar-refractivity contribution in [2.45, 2.75) is 6.10 Å². The van der Waals surface area contributed by atoms with Gasteiger partial charge in [-0.1, -0.05) is 15.9 Å². The third-order valence-electron chi connectivity index (χ3n) is 2.68. The molecule has 4 nitrogen and oxygen atoms in total. The number of nitrogens with one attached hydrogen (secondary N) is 2. The van der Waals surface area contributed by atoms with Crippen LogP contribution in [0.25, 0.3) is 0 Å². The maximum Gasteiger partial charge on any atom is 0.238 e. The van der Waals surface area contributed by atoms with Crippen molar-refractivity contribution >= 4 is 38.9 Å². The van der Waals surface area contributed by atoms with E-state index >= 15 is 0 Å². The SMILES string of the molecule is O=C(CNCC(O)c1ccsc1)Nc1ccc(Br)cc1. The average Bonchev–Trinajstić information content (AvgIpc) is 2.95. The molecule has 2 aromatic rings. The van der Waals surface area contributed by atoms with Gasteiger partial charge in [0.05, 0.1) is 12.6 Å². The number of halogens is 1. The summed E-state index contributed by atoms with van der Waals surface area (Å²) >= 11 is 4.88. The molecule has 0 aliphatic heterocycles. The van der Waals surface area contributed by atoms with Crippen molar-refractivity contribution in [1.82, 2.24) is 5.32 Å². The quantitative estimate of drug-likeness (QED) is 0.747. The summed E-state index contributed by atoms with van der Waals surface area (Å²) in [5, 5.41) is 19.4. The molecule has 0 saturated carbocycles. The fourth-order valence-corrected chi connectivity index (χ4v) is 2.61. The van der Waals surface area contributed by atoms with Gasteiger partial charge in [0.25, 0.3) is 0 Å². The van der Waals surface area contributed by atoms with Crippen molar-refractivity contribution in [3.8, 4) is 0 Å². The summed E-state index contributed by atoms with van der Waals surface area (Å²) in [4.78, 5) is 11.7. The van der Waals surface area contributed by atoms with E-state index in [-0.39, 0.29) is 12.5 Å². The lowest BCUT2D eigenvalue weighted by Crippen LogP contribution is -2.31. The Morgan fingerprint density at radius 1 is 1.30 bits per heavy atom. The van der Waals surface area contributed by atoms with Crippen LogP contribution in [-0.2, 0) is 4.79 Å². The number of carbonyl (C=O) groups excluding carboxylic acids is 1. The van der Waals surface area contributed by atoms with Gasteiger partial charge in [0.15, 0.2) is 0 Å². The van der Waals surface area contributed by atoms with Gasteiger partial charge in [-0.15, -0.1) is 0 Å². The second-order valence-electron chi connectivity index (χ2n) is 4.26. The van der Waals surface area contributed by atoms with Crippen LogP contribution in [0.4, 0.5) is 5.69 Å². The van der Waals surface area contributed by atoms with Gasteiger partial charge in [0, 0.05) is 16.7 Å². The van der Waals surface area contributed by atoms with Crippen molar-refractivity contribution in [2.24, 2.45) is 0 Å². The first kappa shape index (κ1) is 15.2. The molecule has 0 aliphatic rings. The molecule has 1 amide bonds. The van der Waals surface area contributed by atoms with Crippen LogP contribution in [0.1, 0.15) is 11.7 Å². The van der Waals surface area contributed by atoms with Crippen molar-refractivity contribution in [3.05, 3.63) is 51.1 Å². The van der Waals surface area contributed by atoms with Gasteiger partial charge >= 0.3 is 0 Å². The Morgan fingerprint density at radius 2 is 2.05 bits per heavy atom. The topological polar surface area (TPSA) is 61.4 Å². The maximum absolute atomic E-state index is 11.7.